The van der Waals surface area contributed by atoms with Crippen molar-refractivity contribution < 1.29 is 23.2 Å². The lowest BCUT2D eigenvalue weighted by atomic mass is 9.87. The van der Waals surface area contributed by atoms with Crippen LogP contribution in [-0.2, 0) is 9.59 Å². The minimum Gasteiger partial charge on any atom is -0.376 e. The summed E-state index contributed by atoms with van der Waals surface area (Å²) < 4.78 is 27.0. The molecule has 0 radical (unpaired) electrons. The van der Waals surface area contributed by atoms with Gasteiger partial charge in [0.05, 0.1) is 6.54 Å². The number of benzene rings is 3. The summed E-state index contributed by atoms with van der Waals surface area (Å²) in [6, 6.07) is 21.7. The average molecular weight is 591 g/mol. The van der Waals surface area contributed by atoms with Gasteiger partial charge in [0.2, 0.25) is 11.8 Å². The van der Waals surface area contributed by atoms with E-state index in [1.165, 1.54) is 29.2 Å². The van der Waals surface area contributed by atoms with Gasteiger partial charge in [0.15, 0.2) is 0 Å². The van der Waals surface area contributed by atoms with Gasteiger partial charge in [-0.3, -0.25) is 14.5 Å². The molecule has 1 saturated heterocycles. The first-order valence-corrected chi connectivity index (χ1v) is 15.0. The number of halogens is 2. The first-order chi connectivity index (χ1) is 20.8. The Morgan fingerprint density at radius 2 is 1.53 bits per heavy atom. The molecule has 4 rings (SSSR count). The third-order valence-corrected chi connectivity index (χ3v) is 7.85. The fourth-order valence-electron chi connectivity index (χ4n) is 5.54. The zero-order valence-corrected chi connectivity index (χ0v) is 24.6. The molecule has 1 unspecified atom stereocenters. The molecule has 2 N–H and O–H groups in total. The van der Waals surface area contributed by atoms with Gasteiger partial charge < -0.3 is 15.5 Å². The highest BCUT2D eigenvalue weighted by molar-refractivity contribution is 5.96. The van der Waals surface area contributed by atoms with E-state index < -0.39 is 6.03 Å². The Balaban J connectivity index is 1.27. The van der Waals surface area contributed by atoms with Crippen LogP contribution in [0.2, 0.25) is 0 Å². The number of nitrogens with zero attached hydrogens (tertiary/aromatic N) is 2. The number of unbranched alkanes of at least 4 members (excludes halogenated alkanes) is 1. The topological polar surface area (TPSA) is 81.8 Å². The standard InChI is InChI=1S/C34H40F2N4O3/c1-2-37-34(43)40(33(42)22-38-30-8-4-3-5-9-30)24-25-20-21-39(23-25)32(41)11-7-6-10-31(26-12-16-28(35)17-13-26)27-14-18-29(36)19-15-27/h3-5,8-9,12-19,25,31,38H,2,6-7,10-11,20-24H2,1H3,(H,37,43). The van der Waals surface area contributed by atoms with Crippen molar-refractivity contribution >= 4 is 23.5 Å². The van der Waals surface area contributed by atoms with Crippen molar-refractivity contribution in [3.8, 4) is 0 Å². The second kappa shape index (κ2) is 15.8. The lowest BCUT2D eigenvalue weighted by molar-refractivity contribution is -0.130. The molecule has 4 amide bonds. The minimum atomic E-state index is -0.427. The first kappa shape index (κ1) is 31.7. The number of carbonyl (C=O) groups excluding carboxylic acids is 3. The molecule has 7 nitrogen and oxygen atoms in total. The predicted octanol–water partition coefficient (Wildman–Crippen LogP) is 6.18. The van der Waals surface area contributed by atoms with Crippen LogP contribution in [0.5, 0.6) is 0 Å². The van der Waals surface area contributed by atoms with E-state index in [9.17, 15) is 23.2 Å². The Kier molecular flexibility index (Phi) is 11.6. The molecule has 1 atom stereocenters. The van der Waals surface area contributed by atoms with E-state index >= 15 is 0 Å². The maximum absolute atomic E-state index is 13.5. The molecule has 43 heavy (non-hydrogen) atoms. The number of hydrogen-bond acceptors (Lipinski definition) is 4. The molecule has 3 aromatic rings. The van der Waals surface area contributed by atoms with Gasteiger partial charge in [-0.1, -0.05) is 48.9 Å². The highest BCUT2D eigenvalue weighted by Gasteiger charge is 2.31. The number of para-hydroxylation sites is 1. The number of nitrogens with one attached hydrogen (secondary N) is 2. The van der Waals surface area contributed by atoms with Crippen LogP contribution in [0.4, 0.5) is 19.3 Å². The van der Waals surface area contributed by atoms with E-state index in [4.69, 9.17) is 0 Å². The molecular formula is C34H40F2N4O3. The number of anilines is 1. The predicted molar refractivity (Wildman–Crippen MR) is 164 cm³/mol. The first-order valence-electron chi connectivity index (χ1n) is 15.0. The van der Waals surface area contributed by atoms with Crippen LogP contribution in [0, 0.1) is 17.6 Å². The summed E-state index contributed by atoms with van der Waals surface area (Å²) in [5.74, 6) is -0.896. The van der Waals surface area contributed by atoms with E-state index in [2.05, 4.69) is 10.6 Å². The highest BCUT2D eigenvalue weighted by Crippen LogP contribution is 2.31. The summed E-state index contributed by atoms with van der Waals surface area (Å²) in [6.45, 7) is 3.56. The smallest absolute Gasteiger partial charge is 0.324 e. The van der Waals surface area contributed by atoms with Crippen molar-refractivity contribution in [1.82, 2.24) is 15.1 Å². The zero-order valence-electron chi connectivity index (χ0n) is 24.6. The van der Waals surface area contributed by atoms with E-state index in [1.54, 1.807) is 31.2 Å². The van der Waals surface area contributed by atoms with Crippen LogP contribution in [-0.4, -0.2) is 60.4 Å². The van der Waals surface area contributed by atoms with Gasteiger partial charge >= 0.3 is 6.03 Å². The SMILES string of the molecule is CCNC(=O)N(CC1CCN(C(=O)CCCCC(c2ccc(F)cc2)c2ccc(F)cc2)C1)C(=O)CNc1ccccc1. The quantitative estimate of drug-likeness (QED) is 0.233. The van der Waals surface area contributed by atoms with Gasteiger partial charge in [0, 0.05) is 44.2 Å². The fraction of sp³-hybridized carbons (Fsp3) is 0.382. The lowest BCUT2D eigenvalue weighted by Crippen LogP contribution is -2.48. The molecule has 9 heteroatoms. The second-order valence-corrected chi connectivity index (χ2v) is 11.0. The van der Waals surface area contributed by atoms with Crippen molar-refractivity contribution in [1.29, 1.82) is 0 Å². The maximum atomic E-state index is 13.5. The number of imide groups is 1. The number of amides is 4. The zero-order chi connectivity index (χ0) is 30.6. The van der Waals surface area contributed by atoms with E-state index in [0.29, 0.717) is 32.5 Å². The Morgan fingerprint density at radius 1 is 0.907 bits per heavy atom. The lowest BCUT2D eigenvalue weighted by Gasteiger charge is -2.25. The molecule has 1 aliphatic rings. The average Bonchev–Trinajstić information content (AvgIpc) is 3.49. The number of rotatable bonds is 13. The van der Waals surface area contributed by atoms with E-state index in [-0.39, 0.29) is 48.4 Å². The molecule has 1 heterocycles. The van der Waals surface area contributed by atoms with Gasteiger partial charge in [0.1, 0.15) is 11.6 Å². The second-order valence-electron chi connectivity index (χ2n) is 11.0. The fourth-order valence-corrected chi connectivity index (χ4v) is 5.54. The molecule has 0 saturated carbocycles. The molecule has 0 aliphatic carbocycles. The molecule has 0 bridgehead atoms. The summed E-state index contributed by atoms with van der Waals surface area (Å²) >= 11 is 0. The summed E-state index contributed by atoms with van der Waals surface area (Å²) in [5, 5.41) is 5.79. The van der Waals surface area contributed by atoms with Crippen LogP contribution in [0.25, 0.3) is 0 Å². The summed E-state index contributed by atoms with van der Waals surface area (Å²) in [4.78, 5) is 41.8. The van der Waals surface area contributed by atoms with Gasteiger partial charge in [0.25, 0.3) is 0 Å². The third-order valence-electron chi connectivity index (χ3n) is 7.85. The van der Waals surface area contributed by atoms with Crippen LogP contribution in [0.15, 0.2) is 78.9 Å². The van der Waals surface area contributed by atoms with Crippen molar-refractivity contribution in [2.24, 2.45) is 5.92 Å². The summed E-state index contributed by atoms with van der Waals surface area (Å²) in [6.07, 6.45) is 3.32. The van der Waals surface area contributed by atoms with Crippen LogP contribution in [0.3, 0.4) is 0 Å². The van der Waals surface area contributed by atoms with Crippen LogP contribution in [0.1, 0.15) is 56.1 Å². The number of likely N-dealkylation sites (tertiary alicyclic amines) is 1. The Morgan fingerprint density at radius 3 is 2.14 bits per heavy atom. The molecular weight excluding hydrogens is 550 g/mol. The normalized spacial score (nSPS) is 14.5. The minimum absolute atomic E-state index is 0.00660. The highest BCUT2D eigenvalue weighted by atomic mass is 19.1. The van der Waals surface area contributed by atoms with Crippen molar-refractivity contribution in [3.05, 3.63) is 102 Å². The monoisotopic (exact) mass is 590 g/mol. The Hall–Kier alpha value is -4.27. The van der Waals surface area contributed by atoms with Gasteiger partial charge in [-0.2, -0.15) is 0 Å². The summed E-state index contributed by atoms with van der Waals surface area (Å²) in [5.41, 5.74) is 2.70. The third kappa shape index (κ3) is 9.36. The van der Waals surface area contributed by atoms with Gasteiger partial charge in [-0.15, -0.1) is 0 Å². The number of carbonyl (C=O) groups is 3. The summed E-state index contributed by atoms with van der Waals surface area (Å²) in [7, 11) is 0. The van der Waals surface area contributed by atoms with E-state index in [0.717, 1.165) is 36.1 Å². The maximum Gasteiger partial charge on any atom is 0.324 e. The molecule has 0 spiro atoms. The molecule has 1 fully saturated rings. The molecule has 3 aromatic carbocycles. The molecule has 1 aliphatic heterocycles. The van der Waals surface area contributed by atoms with Crippen LogP contribution < -0.4 is 10.6 Å². The Labute approximate surface area is 252 Å². The van der Waals surface area contributed by atoms with Crippen molar-refractivity contribution in [2.75, 3.05) is 38.0 Å². The van der Waals surface area contributed by atoms with E-state index in [1.807, 2.05) is 35.2 Å². The van der Waals surface area contributed by atoms with Crippen molar-refractivity contribution in [2.45, 2.75) is 44.9 Å². The largest absolute Gasteiger partial charge is 0.376 e. The van der Waals surface area contributed by atoms with Gasteiger partial charge in [-0.05, 0) is 79.6 Å². The molecule has 228 valence electrons. The van der Waals surface area contributed by atoms with Crippen molar-refractivity contribution in [3.63, 3.8) is 0 Å². The Bertz CT molecular complexity index is 1290. The number of hydrogen-bond donors (Lipinski definition) is 2. The number of urea groups is 1. The van der Waals surface area contributed by atoms with Crippen LogP contribution >= 0.6 is 0 Å². The molecule has 0 aromatic heterocycles. The van der Waals surface area contributed by atoms with Gasteiger partial charge in [-0.25, -0.2) is 13.6 Å².